The minimum atomic E-state index is -0.346. The Bertz CT molecular complexity index is 1210. The van der Waals surface area contributed by atoms with E-state index in [-0.39, 0.29) is 34.4 Å². The van der Waals surface area contributed by atoms with Gasteiger partial charge in [0.15, 0.2) is 5.78 Å². The maximum Gasteiger partial charge on any atom is 0.166 e. The van der Waals surface area contributed by atoms with Crippen molar-refractivity contribution in [1.29, 1.82) is 0 Å². The fraction of sp³-hybridized carbons (Fsp3) is 0.320. The maximum atomic E-state index is 13.6. The van der Waals surface area contributed by atoms with Gasteiger partial charge in [-0.15, -0.1) is 23.1 Å². The monoisotopic (exact) mass is 468 g/mol. The number of nitrogens with one attached hydrogen (secondary N) is 1. The van der Waals surface area contributed by atoms with E-state index < -0.39 is 0 Å². The quantitative estimate of drug-likeness (QED) is 0.514. The average Bonchev–Trinajstić information content (AvgIpc) is 3.36. The predicted octanol–water partition coefficient (Wildman–Crippen LogP) is 5.82. The molecule has 3 atom stereocenters. The highest BCUT2D eigenvalue weighted by molar-refractivity contribution is 8.01. The van der Waals surface area contributed by atoms with Gasteiger partial charge < -0.3 is 0 Å². The number of carbonyl (C=O) groups is 1. The molecule has 2 aromatic carbocycles. The standard InChI is InChI=1S/C25H22F2N2OS2/c1-25-23-18(12-19(29(25)11-10-28-25)14-2-6-16(26)7-3-14)22-20(30)13-21(31-24(22)32-23)15-4-8-17(27)9-5-15/h2-9,19,21,28H,10-13H2,1H3. The van der Waals surface area contributed by atoms with Crippen molar-refractivity contribution in [2.24, 2.45) is 0 Å². The molecule has 3 aliphatic heterocycles. The first-order chi connectivity index (χ1) is 15.4. The van der Waals surface area contributed by atoms with Gasteiger partial charge in [0.1, 0.15) is 17.3 Å². The molecule has 164 valence electrons. The van der Waals surface area contributed by atoms with E-state index >= 15 is 0 Å². The lowest BCUT2D eigenvalue weighted by atomic mass is 9.85. The summed E-state index contributed by atoms with van der Waals surface area (Å²) in [4.78, 5) is 17.1. The van der Waals surface area contributed by atoms with E-state index in [0.29, 0.717) is 6.42 Å². The minimum Gasteiger partial charge on any atom is -0.294 e. The van der Waals surface area contributed by atoms with Crippen LogP contribution in [0.3, 0.4) is 0 Å². The zero-order valence-electron chi connectivity index (χ0n) is 17.5. The van der Waals surface area contributed by atoms with Crippen LogP contribution in [-0.4, -0.2) is 23.8 Å². The Kier molecular flexibility index (Phi) is 4.80. The van der Waals surface area contributed by atoms with E-state index in [0.717, 1.165) is 46.0 Å². The summed E-state index contributed by atoms with van der Waals surface area (Å²) in [5.74, 6) is -0.335. The van der Waals surface area contributed by atoms with Gasteiger partial charge in [0.25, 0.3) is 0 Å². The zero-order chi connectivity index (χ0) is 22.0. The van der Waals surface area contributed by atoms with Gasteiger partial charge in [-0.25, -0.2) is 8.78 Å². The molecule has 0 amide bonds. The van der Waals surface area contributed by atoms with Gasteiger partial charge in [-0.2, -0.15) is 0 Å². The van der Waals surface area contributed by atoms with E-state index in [1.807, 2.05) is 12.1 Å². The van der Waals surface area contributed by atoms with E-state index in [2.05, 4.69) is 17.1 Å². The number of halogens is 2. The molecule has 1 saturated heterocycles. The predicted molar refractivity (Wildman–Crippen MR) is 123 cm³/mol. The van der Waals surface area contributed by atoms with Gasteiger partial charge in [-0.3, -0.25) is 15.0 Å². The van der Waals surface area contributed by atoms with Gasteiger partial charge >= 0.3 is 0 Å². The number of Topliss-reactive ketones (excluding diaryl/α,β-unsaturated/α-hetero) is 1. The number of nitrogens with zero attached hydrogens (tertiary/aromatic N) is 1. The molecule has 3 aliphatic rings. The highest BCUT2D eigenvalue weighted by Gasteiger charge is 2.50. The molecule has 0 saturated carbocycles. The van der Waals surface area contributed by atoms with Crippen molar-refractivity contribution in [3.63, 3.8) is 0 Å². The van der Waals surface area contributed by atoms with Crippen LogP contribution in [0.15, 0.2) is 52.7 Å². The van der Waals surface area contributed by atoms with Crippen molar-refractivity contribution in [3.8, 4) is 0 Å². The van der Waals surface area contributed by atoms with Crippen molar-refractivity contribution in [2.45, 2.75) is 40.9 Å². The number of hydrogen-bond acceptors (Lipinski definition) is 5. The highest BCUT2D eigenvalue weighted by atomic mass is 32.2. The third-order valence-electron chi connectivity index (χ3n) is 6.98. The van der Waals surface area contributed by atoms with Crippen LogP contribution in [0, 0.1) is 11.6 Å². The average molecular weight is 469 g/mol. The summed E-state index contributed by atoms with van der Waals surface area (Å²) >= 11 is 3.45. The van der Waals surface area contributed by atoms with Crippen LogP contribution in [0.4, 0.5) is 8.78 Å². The summed E-state index contributed by atoms with van der Waals surface area (Å²) in [5, 5.41) is 3.68. The molecule has 1 aromatic heterocycles. The molecule has 4 heterocycles. The number of ketones is 1. The van der Waals surface area contributed by atoms with Gasteiger partial charge in [0.05, 0.1) is 4.21 Å². The molecular formula is C25H22F2N2OS2. The molecule has 1 N–H and O–H groups in total. The van der Waals surface area contributed by atoms with E-state index in [9.17, 15) is 13.6 Å². The van der Waals surface area contributed by atoms with Crippen LogP contribution in [0.5, 0.6) is 0 Å². The maximum absolute atomic E-state index is 13.6. The number of benzene rings is 2. The van der Waals surface area contributed by atoms with Gasteiger partial charge in [0.2, 0.25) is 0 Å². The third-order valence-corrected chi connectivity index (χ3v) is 9.90. The second-order valence-corrected chi connectivity index (χ2v) is 11.3. The molecule has 0 bridgehead atoms. The Morgan fingerprint density at radius 2 is 1.66 bits per heavy atom. The summed E-state index contributed by atoms with van der Waals surface area (Å²) in [5.41, 5.74) is 3.73. The Labute approximate surface area is 193 Å². The van der Waals surface area contributed by atoms with E-state index in [1.54, 1.807) is 35.2 Å². The molecule has 0 spiro atoms. The van der Waals surface area contributed by atoms with Crippen molar-refractivity contribution in [1.82, 2.24) is 10.2 Å². The Balaban J connectivity index is 1.42. The molecule has 0 radical (unpaired) electrons. The van der Waals surface area contributed by atoms with Crippen LogP contribution < -0.4 is 5.32 Å². The second kappa shape index (κ2) is 7.48. The van der Waals surface area contributed by atoms with Gasteiger partial charge in [0, 0.05) is 41.2 Å². The fourth-order valence-corrected chi connectivity index (χ4v) is 8.56. The summed E-state index contributed by atoms with van der Waals surface area (Å²) in [6.07, 6.45) is 1.17. The van der Waals surface area contributed by atoms with Crippen LogP contribution in [0.1, 0.15) is 56.6 Å². The number of thioether (sulfide) groups is 1. The minimum absolute atomic E-state index is 0.00375. The topological polar surface area (TPSA) is 32.3 Å². The molecule has 6 rings (SSSR count). The lowest BCUT2D eigenvalue weighted by Gasteiger charge is -2.45. The lowest BCUT2D eigenvalue weighted by molar-refractivity contribution is 0.0711. The van der Waals surface area contributed by atoms with Crippen molar-refractivity contribution in [2.75, 3.05) is 13.1 Å². The summed E-state index contributed by atoms with van der Waals surface area (Å²) in [6, 6.07) is 13.3. The van der Waals surface area contributed by atoms with Gasteiger partial charge in [-0.1, -0.05) is 24.3 Å². The third kappa shape index (κ3) is 3.10. The number of thiophene rings is 1. The summed E-state index contributed by atoms with van der Waals surface area (Å²) in [6.45, 7) is 3.97. The van der Waals surface area contributed by atoms with E-state index in [1.165, 1.54) is 29.1 Å². The second-order valence-electron chi connectivity index (χ2n) is 8.82. The number of carbonyl (C=O) groups excluding carboxylic acids is 1. The Morgan fingerprint density at radius 3 is 2.34 bits per heavy atom. The van der Waals surface area contributed by atoms with Gasteiger partial charge in [-0.05, 0) is 54.3 Å². The molecule has 0 aliphatic carbocycles. The fourth-order valence-electron chi connectivity index (χ4n) is 5.41. The molecule has 1 fully saturated rings. The first kappa shape index (κ1) is 20.5. The summed E-state index contributed by atoms with van der Waals surface area (Å²) < 4.78 is 28.0. The normalized spacial score (nSPS) is 27.2. The highest BCUT2D eigenvalue weighted by Crippen LogP contribution is 2.56. The smallest absolute Gasteiger partial charge is 0.166 e. The van der Waals surface area contributed by atoms with Crippen LogP contribution in [0.25, 0.3) is 0 Å². The number of hydrogen-bond donors (Lipinski definition) is 1. The van der Waals surface area contributed by atoms with E-state index in [4.69, 9.17) is 0 Å². The van der Waals surface area contributed by atoms with Crippen molar-refractivity contribution < 1.29 is 13.6 Å². The number of fused-ring (bicyclic) bond motifs is 5. The first-order valence-electron chi connectivity index (χ1n) is 10.8. The molecule has 7 heteroatoms. The Morgan fingerprint density at radius 1 is 1.00 bits per heavy atom. The van der Waals surface area contributed by atoms with Crippen molar-refractivity contribution >= 4 is 28.9 Å². The number of rotatable bonds is 2. The Hall–Kier alpha value is -2.06. The molecule has 3 unspecified atom stereocenters. The van der Waals surface area contributed by atoms with Crippen LogP contribution in [0.2, 0.25) is 0 Å². The largest absolute Gasteiger partial charge is 0.294 e. The molecule has 3 nitrogen and oxygen atoms in total. The SMILES string of the molecule is CC12NCCN1C(c1ccc(F)cc1)Cc1c2sc2c1C(=O)CC(c1ccc(F)cc1)S2. The van der Waals surface area contributed by atoms with Crippen molar-refractivity contribution in [3.05, 3.63) is 87.3 Å². The summed E-state index contributed by atoms with van der Waals surface area (Å²) in [7, 11) is 0. The molecule has 3 aromatic rings. The zero-order valence-corrected chi connectivity index (χ0v) is 19.2. The molecular weight excluding hydrogens is 446 g/mol. The lowest BCUT2D eigenvalue weighted by Crippen LogP contribution is -2.50. The van der Waals surface area contributed by atoms with Crippen LogP contribution in [-0.2, 0) is 12.1 Å². The first-order valence-corrected chi connectivity index (χ1v) is 12.5. The van der Waals surface area contributed by atoms with Crippen LogP contribution >= 0.6 is 23.1 Å². The molecule has 32 heavy (non-hydrogen) atoms.